The summed E-state index contributed by atoms with van der Waals surface area (Å²) in [5.74, 6) is 0.496. The van der Waals surface area contributed by atoms with Crippen molar-refractivity contribution in [3.8, 4) is 0 Å². The standard InChI is InChI=1S/C26H31N3O3S/c1-17-6-5-7-21(14-17)16-27-26(30)22-10-12-29(13-11-22)25-20(4)24(33(31,32)28-25)23-9-8-18(2)19(3)15-23/h5-9,14-15,22H,10-13,16H2,1-4H3,(H,27,30). The van der Waals surface area contributed by atoms with Crippen molar-refractivity contribution < 1.29 is 13.2 Å². The van der Waals surface area contributed by atoms with Crippen LogP contribution in [0.15, 0.2) is 52.4 Å². The summed E-state index contributed by atoms with van der Waals surface area (Å²) in [6.07, 6.45) is 1.34. The maximum absolute atomic E-state index is 12.9. The Bertz CT molecular complexity index is 1250. The van der Waals surface area contributed by atoms with Crippen LogP contribution in [-0.2, 0) is 21.4 Å². The number of rotatable bonds is 4. The molecule has 1 fully saturated rings. The van der Waals surface area contributed by atoms with E-state index in [-0.39, 0.29) is 11.8 Å². The Morgan fingerprint density at radius 1 is 1.03 bits per heavy atom. The number of carbonyl (C=O) groups excluding carboxylic acids is 1. The van der Waals surface area contributed by atoms with Crippen LogP contribution in [0.1, 0.15) is 47.6 Å². The van der Waals surface area contributed by atoms with E-state index in [9.17, 15) is 13.2 Å². The van der Waals surface area contributed by atoms with Gasteiger partial charge in [-0.3, -0.25) is 4.79 Å². The van der Waals surface area contributed by atoms with E-state index in [2.05, 4.69) is 15.8 Å². The zero-order valence-corrected chi connectivity index (χ0v) is 20.5. The molecule has 2 aromatic carbocycles. The zero-order valence-electron chi connectivity index (χ0n) is 19.7. The summed E-state index contributed by atoms with van der Waals surface area (Å²) in [6, 6.07) is 13.8. The number of nitrogens with one attached hydrogen (secondary N) is 1. The van der Waals surface area contributed by atoms with Crippen LogP contribution in [0.5, 0.6) is 0 Å². The van der Waals surface area contributed by atoms with Crippen LogP contribution in [0.4, 0.5) is 0 Å². The number of sulfonamides is 1. The van der Waals surface area contributed by atoms with E-state index in [1.54, 1.807) is 0 Å². The molecular formula is C26H31N3O3S. The quantitative estimate of drug-likeness (QED) is 0.737. The van der Waals surface area contributed by atoms with E-state index in [0.29, 0.717) is 54.4 Å². The molecule has 2 aliphatic heterocycles. The normalized spacial score (nSPS) is 18.4. The number of hydrogen-bond acceptors (Lipinski definition) is 4. The number of hydrogen-bond donors (Lipinski definition) is 1. The van der Waals surface area contributed by atoms with Crippen molar-refractivity contribution in [2.75, 3.05) is 13.1 Å². The Balaban J connectivity index is 1.42. The van der Waals surface area contributed by atoms with Crippen molar-refractivity contribution in [2.45, 2.75) is 47.1 Å². The van der Waals surface area contributed by atoms with Crippen LogP contribution in [0.2, 0.25) is 0 Å². The maximum atomic E-state index is 12.9. The van der Waals surface area contributed by atoms with Crippen molar-refractivity contribution >= 4 is 26.7 Å². The third-order valence-electron chi connectivity index (χ3n) is 6.62. The third-order valence-corrected chi connectivity index (χ3v) is 8.10. The summed E-state index contributed by atoms with van der Waals surface area (Å²) < 4.78 is 29.9. The molecule has 7 heteroatoms. The van der Waals surface area contributed by atoms with Crippen LogP contribution < -0.4 is 5.32 Å². The molecule has 0 spiro atoms. The van der Waals surface area contributed by atoms with Gasteiger partial charge in [-0.1, -0.05) is 48.0 Å². The molecule has 6 nitrogen and oxygen atoms in total. The molecule has 4 rings (SSSR count). The predicted molar refractivity (Wildman–Crippen MR) is 132 cm³/mol. The van der Waals surface area contributed by atoms with Crippen molar-refractivity contribution in [1.29, 1.82) is 0 Å². The minimum absolute atomic E-state index is 0.0558. The molecule has 2 heterocycles. The van der Waals surface area contributed by atoms with Gasteiger partial charge in [0.1, 0.15) is 10.7 Å². The second-order valence-corrected chi connectivity index (χ2v) is 10.7. The zero-order chi connectivity index (χ0) is 23.8. The van der Waals surface area contributed by atoms with Crippen molar-refractivity contribution in [2.24, 2.45) is 10.3 Å². The fraction of sp³-hybridized carbons (Fsp3) is 0.385. The summed E-state index contributed by atoms with van der Waals surface area (Å²) in [7, 11) is -3.74. The lowest BCUT2D eigenvalue weighted by molar-refractivity contribution is -0.126. The Labute approximate surface area is 196 Å². The number of likely N-dealkylation sites (tertiary alicyclic amines) is 1. The van der Waals surface area contributed by atoms with E-state index in [0.717, 1.165) is 16.7 Å². The minimum Gasteiger partial charge on any atom is -0.356 e. The van der Waals surface area contributed by atoms with Gasteiger partial charge in [0.25, 0.3) is 10.0 Å². The molecule has 2 aromatic rings. The Morgan fingerprint density at radius 2 is 1.76 bits per heavy atom. The van der Waals surface area contributed by atoms with E-state index in [1.807, 2.05) is 69.0 Å². The summed E-state index contributed by atoms with van der Waals surface area (Å²) in [5.41, 5.74) is 5.79. The van der Waals surface area contributed by atoms with Gasteiger partial charge in [-0.15, -0.1) is 4.40 Å². The van der Waals surface area contributed by atoms with Crippen LogP contribution in [0.3, 0.4) is 0 Å². The molecule has 0 aliphatic carbocycles. The highest BCUT2D eigenvalue weighted by atomic mass is 32.2. The third kappa shape index (κ3) is 4.88. The monoisotopic (exact) mass is 465 g/mol. The van der Waals surface area contributed by atoms with Gasteiger partial charge in [0.2, 0.25) is 5.91 Å². The first kappa shape index (κ1) is 23.2. The second kappa shape index (κ2) is 9.14. The smallest absolute Gasteiger partial charge is 0.285 e. The molecule has 0 aromatic heterocycles. The first-order chi connectivity index (χ1) is 15.7. The van der Waals surface area contributed by atoms with Gasteiger partial charge >= 0.3 is 0 Å². The van der Waals surface area contributed by atoms with Gasteiger partial charge in [-0.2, -0.15) is 8.42 Å². The average Bonchev–Trinajstić information content (AvgIpc) is 3.03. The topological polar surface area (TPSA) is 78.8 Å². The van der Waals surface area contributed by atoms with Crippen LogP contribution in [-0.4, -0.2) is 38.2 Å². The van der Waals surface area contributed by atoms with Gasteiger partial charge < -0.3 is 10.2 Å². The van der Waals surface area contributed by atoms with Crippen LogP contribution in [0.25, 0.3) is 4.91 Å². The number of amides is 1. The van der Waals surface area contributed by atoms with Crippen LogP contribution in [0, 0.1) is 26.7 Å². The van der Waals surface area contributed by atoms with Crippen LogP contribution >= 0.6 is 0 Å². The molecule has 0 unspecified atom stereocenters. The summed E-state index contributed by atoms with van der Waals surface area (Å²) in [4.78, 5) is 15.0. The fourth-order valence-electron chi connectivity index (χ4n) is 4.58. The molecule has 1 N–H and O–H groups in total. The number of piperidine rings is 1. The molecule has 174 valence electrons. The Morgan fingerprint density at radius 3 is 2.42 bits per heavy atom. The molecule has 0 saturated carbocycles. The Hall–Kier alpha value is -2.93. The van der Waals surface area contributed by atoms with Crippen molar-refractivity contribution in [1.82, 2.24) is 10.2 Å². The number of nitrogens with zero attached hydrogens (tertiary/aromatic N) is 2. The van der Waals surface area contributed by atoms with Gasteiger partial charge in [0.15, 0.2) is 0 Å². The largest absolute Gasteiger partial charge is 0.356 e. The molecule has 33 heavy (non-hydrogen) atoms. The number of amidine groups is 1. The van der Waals surface area contributed by atoms with Gasteiger partial charge in [-0.05, 0) is 62.8 Å². The number of benzene rings is 2. The fourth-order valence-corrected chi connectivity index (χ4v) is 6.05. The van der Waals surface area contributed by atoms with E-state index >= 15 is 0 Å². The molecule has 0 radical (unpaired) electrons. The first-order valence-electron chi connectivity index (χ1n) is 11.4. The lowest BCUT2D eigenvalue weighted by atomic mass is 9.95. The summed E-state index contributed by atoms with van der Waals surface area (Å²) >= 11 is 0. The average molecular weight is 466 g/mol. The molecule has 0 atom stereocenters. The second-order valence-electron chi connectivity index (χ2n) is 9.11. The van der Waals surface area contributed by atoms with Crippen molar-refractivity contribution in [3.63, 3.8) is 0 Å². The SMILES string of the molecule is CC1=C(c2ccc(C)c(C)c2)S(=O)(=O)N=C1N1CCC(C(=O)NCc2cccc(C)c2)CC1. The summed E-state index contributed by atoms with van der Waals surface area (Å²) in [5, 5.41) is 3.05. The lowest BCUT2D eigenvalue weighted by Gasteiger charge is -2.32. The molecule has 2 aliphatic rings. The predicted octanol–water partition coefficient (Wildman–Crippen LogP) is 4.11. The van der Waals surface area contributed by atoms with Gasteiger partial charge in [0.05, 0.1) is 0 Å². The molecule has 0 bridgehead atoms. The highest BCUT2D eigenvalue weighted by Crippen LogP contribution is 2.35. The summed E-state index contributed by atoms with van der Waals surface area (Å²) in [6.45, 7) is 9.58. The number of carbonyl (C=O) groups is 1. The lowest BCUT2D eigenvalue weighted by Crippen LogP contribution is -2.43. The molecular weight excluding hydrogens is 434 g/mol. The maximum Gasteiger partial charge on any atom is 0.285 e. The minimum atomic E-state index is -3.74. The van der Waals surface area contributed by atoms with Gasteiger partial charge in [0, 0.05) is 31.1 Å². The highest BCUT2D eigenvalue weighted by molar-refractivity contribution is 8.00. The number of aryl methyl sites for hydroxylation is 3. The van der Waals surface area contributed by atoms with E-state index in [4.69, 9.17) is 0 Å². The van der Waals surface area contributed by atoms with E-state index in [1.165, 1.54) is 5.56 Å². The van der Waals surface area contributed by atoms with E-state index < -0.39 is 10.0 Å². The molecule has 1 amide bonds. The Kier molecular flexibility index (Phi) is 6.43. The van der Waals surface area contributed by atoms with Crippen molar-refractivity contribution in [3.05, 3.63) is 75.9 Å². The molecule has 1 saturated heterocycles. The first-order valence-corrected chi connectivity index (χ1v) is 12.8. The van der Waals surface area contributed by atoms with Gasteiger partial charge in [-0.25, -0.2) is 0 Å². The highest BCUT2D eigenvalue weighted by Gasteiger charge is 2.35.